The van der Waals surface area contributed by atoms with E-state index in [9.17, 15) is 4.79 Å². The summed E-state index contributed by atoms with van der Waals surface area (Å²) < 4.78 is 1.20. The predicted molar refractivity (Wildman–Crippen MR) is 110 cm³/mol. The highest BCUT2D eigenvalue weighted by atomic mass is 32.1. The summed E-state index contributed by atoms with van der Waals surface area (Å²) in [5.41, 5.74) is 3.79. The summed E-state index contributed by atoms with van der Waals surface area (Å²) in [6.07, 6.45) is 5.10. The minimum absolute atomic E-state index is 0.265. The molecule has 0 atom stereocenters. The normalized spacial score (nSPS) is 15.2. The summed E-state index contributed by atoms with van der Waals surface area (Å²) in [6.45, 7) is 2.86. The lowest BCUT2D eigenvalue weighted by molar-refractivity contribution is 0.0968. The molecule has 3 aromatic rings. The molecule has 0 spiro atoms. The van der Waals surface area contributed by atoms with E-state index < -0.39 is 0 Å². The van der Waals surface area contributed by atoms with Gasteiger partial charge in [-0.1, -0.05) is 60.2 Å². The molecule has 0 unspecified atom stereocenters. The third-order valence-electron chi connectivity index (χ3n) is 5.10. The fraction of sp³-hybridized carbons (Fsp3) is 0.261. The van der Waals surface area contributed by atoms with Gasteiger partial charge in [0.2, 0.25) is 0 Å². The lowest BCUT2D eigenvalue weighted by atomic mass is 9.99. The van der Waals surface area contributed by atoms with Crippen molar-refractivity contribution in [3.8, 4) is 0 Å². The second-order valence-electron chi connectivity index (χ2n) is 6.89. The van der Waals surface area contributed by atoms with Gasteiger partial charge in [0.05, 0.1) is 0 Å². The second-order valence-corrected chi connectivity index (χ2v) is 7.81. The lowest BCUT2D eigenvalue weighted by Crippen LogP contribution is -2.31. The zero-order valence-corrected chi connectivity index (χ0v) is 15.7. The average Bonchev–Trinajstić information content (AvgIpc) is 3.12. The average molecular weight is 362 g/mol. The number of carbonyl (C=O) groups is 1. The summed E-state index contributed by atoms with van der Waals surface area (Å²) >= 11 is 1.66. The van der Waals surface area contributed by atoms with Gasteiger partial charge in [-0.25, -0.2) is 0 Å². The number of rotatable bonds is 6. The van der Waals surface area contributed by atoms with Crippen molar-refractivity contribution in [3.05, 3.63) is 82.8 Å². The Morgan fingerprint density at radius 2 is 1.85 bits per heavy atom. The first-order chi connectivity index (χ1) is 12.8. The van der Waals surface area contributed by atoms with Crippen LogP contribution in [0, 0.1) is 0 Å². The number of fused-ring (bicyclic) bond motifs is 1. The van der Waals surface area contributed by atoms with Gasteiger partial charge in [0.15, 0.2) is 5.78 Å². The largest absolute Gasteiger partial charge is 0.299 e. The monoisotopic (exact) mass is 361 g/mol. The van der Waals surface area contributed by atoms with E-state index in [0.717, 1.165) is 43.4 Å². The Morgan fingerprint density at radius 3 is 2.65 bits per heavy atom. The molecule has 0 fully saturated rings. The highest BCUT2D eigenvalue weighted by Gasteiger charge is 2.16. The summed E-state index contributed by atoms with van der Waals surface area (Å²) in [7, 11) is 0. The van der Waals surface area contributed by atoms with Crippen molar-refractivity contribution in [1.29, 1.82) is 0 Å². The molecule has 0 amide bonds. The van der Waals surface area contributed by atoms with Gasteiger partial charge in [0.25, 0.3) is 0 Å². The molecule has 0 saturated heterocycles. The van der Waals surface area contributed by atoms with Crippen LogP contribution in [0.1, 0.15) is 28.8 Å². The van der Waals surface area contributed by atoms with Crippen LogP contribution in [0.3, 0.4) is 0 Å². The van der Waals surface area contributed by atoms with E-state index in [1.165, 1.54) is 15.8 Å². The van der Waals surface area contributed by atoms with Crippen LogP contribution in [0.4, 0.5) is 0 Å². The van der Waals surface area contributed by atoms with Gasteiger partial charge in [-0.05, 0) is 24.5 Å². The maximum absolute atomic E-state index is 12.6. The van der Waals surface area contributed by atoms with Gasteiger partial charge in [0, 0.05) is 47.1 Å². The molecule has 0 bridgehead atoms. The molecule has 0 saturated carbocycles. The van der Waals surface area contributed by atoms with Gasteiger partial charge in [-0.3, -0.25) is 9.69 Å². The topological polar surface area (TPSA) is 20.3 Å². The molecule has 1 aliphatic rings. The minimum Gasteiger partial charge on any atom is -0.299 e. The van der Waals surface area contributed by atoms with E-state index in [-0.39, 0.29) is 5.78 Å². The van der Waals surface area contributed by atoms with E-state index in [4.69, 9.17) is 0 Å². The summed E-state index contributed by atoms with van der Waals surface area (Å²) in [6, 6.07) is 18.8. The molecule has 0 radical (unpaired) electrons. The van der Waals surface area contributed by atoms with Crippen LogP contribution in [-0.2, 0) is 6.42 Å². The van der Waals surface area contributed by atoms with E-state index in [1.54, 1.807) is 11.3 Å². The maximum atomic E-state index is 12.6. The summed E-state index contributed by atoms with van der Waals surface area (Å²) in [5, 5.41) is 3.12. The number of carbonyl (C=O) groups excluding carboxylic acids is 1. The van der Waals surface area contributed by atoms with Crippen molar-refractivity contribution in [2.45, 2.75) is 19.3 Å². The van der Waals surface area contributed by atoms with Gasteiger partial charge in [-0.15, -0.1) is 11.3 Å². The van der Waals surface area contributed by atoms with Gasteiger partial charge in [-0.2, -0.15) is 0 Å². The van der Waals surface area contributed by atoms with Crippen LogP contribution in [0.5, 0.6) is 0 Å². The second kappa shape index (κ2) is 7.98. The Labute approximate surface area is 158 Å². The molecule has 2 aromatic carbocycles. The molecule has 1 aliphatic heterocycles. The predicted octanol–water partition coefficient (Wildman–Crippen LogP) is 5.35. The van der Waals surface area contributed by atoms with Crippen LogP contribution in [0.25, 0.3) is 10.1 Å². The fourth-order valence-electron chi connectivity index (χ4n) is 3.56. The maximum Gasteiger partial charge on any atom is 0.165 e. The number of nitrogens with zero attached hydrogens (tertiary/aromatic N) is 1. The van der Waals surface area contributed by atoms with Crippen molar-refractivity contribution in [1.82, 2.24) is 4.90 Å². The number of benzene rings is 2. The first kappa shape index (κ1) is 17.2. The number of Topliss-reactive ketones (excluding diaryl/α,β-unsaturated/α-hetero) is 1. The molecule has 2 nitrogen and oxygen atoms in total. The van der Waals surface area contributed by atoms with Gasteiger partial charge < -0.3 is 0 Å². The molecule has 0 N–H and O–H groups in total. The van der Waals surface area contributed by atoms with Gasteiger partial charge in [0.1, 0.15) is 0 Å². The van der Waals surface area contributed by atoms with E-state index >= 15 is 0 Å². The molecular formula is C23H23NOS. The molecular weight excluding hydrogens is 338 g/mol. The fourth-order valence-corrected chi connectivity index (χ4v) is 4.53. The highest BCUT2D eigenvalue weighted by molar-refractivity contribution is 7.17. The molecule has 4 rings (SSSR count). The van der Waals surface area contributed by atoms with E-state index in [2.05, 4.69) is 53.4 Å². The molecule has 132 valence electrons. The first-order valence-electron chi connectivity index (χ1n) is 9.23. The summed E-state index contributed by atoms with van der Waals surface area (Å²) in [4.78, 5) is 15.0. The van der Waals surface area contributed by atoms with E-state index in [0.29, 0.717) is 6.42 Å². The third-order valence-corrected chi connectivity index (χ3v) is 6.06. The molecule has 26 heavy (non-hydrogen) atoms. The summed E-state index contributed by atoms with van der Waals surface area (Å²) in [5.74, 6) is 0.265. The molecule has 0 aliphatic carbocycles. The van der Waals surface area contributed by atoms with Crippen molar-refractivity contribution < 1.29 is 4.79 Å². The Balaban J connectivity index is 1.31. The van der Waals surface area contributed by atoms with Crippen LogP contribution >= 0.6 is 11.3 Å². The zero-order chi connectivity index (χ0) is 17.8. The quantitative estimate of drug-likeness (QED) is 0.436. The van der Waals surface area contributed by atoms with E-state index in [1.807, 2.05) is 17.5 Å². The molecule has 3 heteroatoms. The Hall–Kier alpha value is -2.23. The Bertz CT molecular complexity index is 926. The Morgan fingerprint density at radius 1 is 1.04 bits per heavy atom. The van der Waals surface area contributed by atoms with Crippen LogP contribution in [0.2, 0.25) is 0 Å². The van der Waals surface area contributed by atoms with Gasteiger partial charge >= 0.3 is 0 Å². The number of hydrogen-bond donors (Lipinski definition) is 0. The molecule has 1 aromatic heterocycles. The standard InChI is InChI=1S/C23H23NOS/c25-22(21-17-26-23-9-5-4-8-20(21)23)12-15-24-13-10-19(11-14-24)16-18-6-2-1-3-7-18/h1-10,17H,11-16H2. The lowest BCUT2D eigenvalue weighted by Gasteiger charge is -2.26. The smallest absolute Gasteiger partial charge is 0.165 e. The van der Waals surface area contributed by atoms with Crippen LogP contribution in [-0.4, -0.2) is 30.3 Å². The first-order valence-corrected chi connectivity index (χ1v) is 10.1. The van der Waals surface area contributed by atoms with Crippen molar-refractivity contribution >= 4 is 27.2 Å². The highest BCUT2D eigenvalue weighted by Crippen LogP contribution is 2.26. The third kappa shape index (κ3) is 3.95. The molecule has 2 heterocycles. The number of ketones is 1. The van der Waals surface area contributed by atoms with Crippen molar-refractivity contribution in [2.24, 2.45) is 0 Å². The Kier molecular flexibility index (Phi) is 5.28. The van der Waals surface area contributed by atoms with Crippen LogP contribution < -0.4 is 0 Å². The number of thiophene rings is 1. The van der Waals surface area contributed by atoms with Crippen LogP contribution in [0.15, 0.2) is 71.6 Å². The van der Waals surface area contributed by atoms with Crippen molar-refractivity contribution in [2.75, 3.05) is 19.6 Å². The number of hydrogen-bond acceptors (Lipinski definition) is 3. The zero-order valence-electron chi connectivity index (χ0n) is 14.9. The van der Waals surface area contributed by atoms with Crippen molar-refractivity contribution in [3.63, 3.8) is 0 Å². The SMILES string of the molecule is O=C(CCN1CC=C(Cc2ccccc2)CC1)c1csc2ccccc12. The minimum atomic E-state index is 0.265.